The maximum absolute atomic E-state index is 11.3. The highest BCUT2D eigenvalue weighted by Crippen LogP contribution is 2.48. The molecule has 0 radical (unpaired) electrons. The summed E-state index contributed by atoms with van der Waals surface area (Å²) < 4.78 is 9.16. The van der Waals surface area contributed by atoms with Crippen molar-refractivity contribution in [2.24, 2.45) is 0 Å². The zero-order valence-corrected chi connectivity index (χ0v) is 37.5. The molecule has 0 aliphatic rings. The van der Waals surface area contributed by atoms with Crippen molar-refractivity contribution in [3.8, 4) is 28.8 Å². The Morgan fingerprint density at radius 1 is 0.329 bits per heavy atom. The first-order valence-electron chi connectivity index (χ1n) is 23.5. The van der Waals surface area contributed by atoms with Crippen molar-refractivity contribution >= 4 is 114 Å². The Morgan fingerprint density at radius 2 is 0.700 bits per heavy atom. The summed E-state index contributed by atoms with van der Waals surface area (Å²) >= 11 is 0. The van der Waals surface area contributed by atoms with E-state index < -0.39 is 0 Å². The van der Waals surface area contributed by atoms with Gasteiger partial charge < -0.3 is 18.3 Å². The third-order valence-electron chi connectivity index (χ3n) is 14.8. The van der Waals surface area contributed by atoms with Crippen LogP contribution in [0.3, 0.4) is 0 Å². The van der Waals surface area contributed by atoms with Gasteiger partial charge in [-0.15, -0.1) is 0 Å². The molecule has 0 N–H and O–H groups in total. The molecule has 0 aliphatic heterocycles. The Balaban J connectivity index is 1.04. The molecular weight excluding hydrogens is 853 g/mol. The summed E-state index contributed by atoms with van der Waals surface area (Å²) in [5.41, 5.74) is 12.8. The second-order valence-corrected chi connectivity index (χ2v) is 18.2. The molecule has 15 rings (SSSR count). The molecule has 0 amide bonds. The second-order valence-electron chi connectivity index (χ2n) is 18.2. The molecule has 70 heavy (non-hydrogen) atoms. The summed E-state index contributed by atoms with van der Waals surface area (Å²) in [4.78, 5) is 4.30. The number of nitrogens with zero attached hydrogens (tertiary/aromatic N) is 6. The summed E-state index contributed by atoms with van der Waals surface area (Å²) in [6.07, 6.45) is 0. The van der Waals surface area contributed by atoms with E-state index in [1.54, 1.807) is 0 Å². The number of benzene rings is 11. The van der Waals surface area contributed by atoms with Crippen LogP contribution in [-0.2, 0) is 0 Å². The van der Waals surface area contributed by atoms with Crippen molar-refractivity contribution in [1.29, 1.82) is 5.26 Å². The first kappa shape index (κ1) is 38.2. The van der Waals surface area contributed by atoms with Crippen molar-refractivity contribution in [1.82, 2.24) is 18.3 Å². The van der Waals surface area contributed by atoms with E-state index in [1.807, 2.05) is 12.1 Å². The summed E-state index contributed by atoms with van der Waals surface area (Å²) in [6, 6.07) is 79.6. The number of para-hydroxylation sites is 4. The molecule has 6 heteroatoms. The Bertz CT molecular complexity index is 4530. The number of nitriles is 1. The van der Waals surface area contributed by atoms with E-state index in [2.05, 4.69) is 235 Å². The van der Waals surface area contributed by atoms with Crippen LogP contribution in [0, 0.1) is 17.9 Å². The summed E-state index contributed by atoms with van der Waals surface area (Å²) in [5.74, 6) is 0. The molecule has 0 bridgehead atoms. The van der Waals surface area contributed by atoms with Crippen LogP contribution in [0.1, 0.15) is 5.56 Å². The molecule has 0 saturated heterocycles. The number of hydrogen-bond donors (Lipinski definition) is 0. The third kappa shape index (κ3) is 5.03. The zero-order valence-electron chi connectivity index (χ0n) is 37.5. The van der Waals surface area contributed by atoms with Gasteiger partial charge in [0.05, 0.1) is 67.6 Å². The highest BCUT2D eigenvalue weighted by atomic mass is 15.0. The van der Waals surface area contributed by atoms with Crippen LogP contribution in [0.2, 0.25) is 0 Å². The fourth-order valence-electron chi connectivity index (χ4n) is 12.0. The second kappa shape index (κ2) is 14.3. The van der Waals surface area contributed by atoms with Crippen molar-refractivity contribution < 1.29 is 0 Å². The van der Waals surface area contributed by atoms with Crippen molar-refractivity contribution in [2.75, 3.05) is 0 Å². The van der Waals surface area contributed by atoms with Crippen LogP contribution in [0.15, 0.2) is 218 Å². The fourth-order valence-corrected chi connectivity index (χ4v) is 12.0. The van der Waals surface area contributed by atoms with Crippen molar-refractivity contribution in [2.45, 2.75) is 0 Å². The maximum atomic E-state index is 11.3. The van der Waals surface area contributed by atoms with Crippen molar-refractivity contribution in [3.63, 3.8) is 0 Å². The van der Waals surface area contributed by atoms with Crippen LogP contribution < -0.4 is 0 Å². The molecule has 11 aromatic carbocycles. The smallest absolute Gasteiger partial charge is 0.212 e. The lowest BCUT2D eigenvalue weighted by molar-refractivity contribution is 1.14. The molecule has 322 valence electrons. The van der Waals surface area contributed by atoms with Gasteiger partial charge in [0.25, 0.3) is 0 Å². The van der Waals surface area contributed by atoms with Gasteiger partial charge in [-0.05, 0) is 106 Å². The van der Waals surface area contributed by atoms with Gasteiger partial charge in [0.15, 0.2) is 0 Å². The molecule has 4 aromatic heterocycles. The van der Waals surface area contributed by atoms with Gasteiger partial charge in [0, 0.05) is 54.5 Å². The van der Waals surface area contributed by atoms with E-state index in [1.165, 1.54) is 32.3 Å². The molecule has 0 aliphatic carbocycles. The van der Waals surface area contributed by atoms with Gasteiger partial charge in [-0.2, -0.15) is 5.26 Å². The topological polar surface area (TPSA) is 47.9 Å². The number of aromatic nitrogens is 4. The highest BCUT2D eigenvalue weighted by Gasteiger charge is 2.26. The molecule has 6 nitrogen and oxygen atoms in total. The van der Waals surface area contributed by atoms with Crippen LogP contribution in [0.25, 0.3) is 136 Å². The number of fused-ring (bicyclic) bond motifs is 18. The minimum Gasteiger partial charge on any atom is -0.319 e. The number of hydrogen-bond acceptors (Lipinski definition) is 1. The average Bonchev–Trinajstić information content (AvgIpc) is 4.16. The summed E-state index contributed by atoms with van der Waals surface area (Å²) in [7, 11) is 0. The lowest BCUT2D eigenvalue weighted by Crippen LogP contribution is -2.01. The largest absolute Gasteiger partial charge is 0.319 e. The zero-order chi connectivity index (χ0) is 46.2. The summed E-state index contributed by atoms with van der Waals surface area (Å²) in [5, 5.41) is 25.1. The van der Waals surface area contributed by atoms with Crippen molar-refractivity contribution in [3.05, 3.63) is 235 Å². The molecule has 0 spiro atoms. The third-order valence-corrected chi connectivity index (χ3v) is 14.8. The summed E-state index contributed by atoms with van der Waals surface area (Å²) in [6.45, 7) is 8.88. The van der Waals surface area contributed by atoms with Gasteiger partial charge in [0.2, 0.25) is 5.69 Å². The molecule has 0 atom stereocenters. The average molecular weight is 889 g/mol. The Morgan fingerprint density at radius 3 is 1.17 bits per heavy atom. The highest BCUT2D eigenvalue weighted by molar-refractivity contribution is 6.35. The van der Waals surface area contributed by atoms with Gasteiger partial charge in [-0.3, -0.25) is 0 Å². The minimum atomic E-state index is 0.451. The van der Waals surface area contributed by atoms with E-state index in [4.69, 9.17) is 6.57 Å². The Kier molecular flexibility index (Phi) is 7.82. The van der Waals surface area contributed by atoms with Crippen LogP contribution in [-0.4, -0.2) is 18.3 Å². The van der Waals surface area contributed by atoms with Crippen LogP contribution in [0.5, 0.6) is 0 Å². The fraction of sp³-hybridized carbons (Fsp3) is 0. The molecule has 4 heterocycles. The standard InChI is InChI=1S/C64H36N6/c1-66-48-37-57(69-49-26-14-12-24-46(49)61-53(69)32-34-55-63(61)59-44-22-10-8-16-39(44)28-30-51(59)67(55)42-18-4-2-5-19-42)41(38-65)36-58(48)70-50-27-15-13-25-47(50)62-54(70)33-35-56-64(62)60-45-23-11-9-17-40(45)29-31-52(60)68(56)43-20-6-3-7-21-43/h2-37H. The lowest BCUT2D eigenvalue weighted by Gasteiger charge is -2.16. The molecule has 0 fully saturated rings. The maximum Gasteiger partial charge on any atom is 0.212 e. The van der Waals surface area contributed by atoms with E-state index in [9.17, 15) is 5.26 Å². The molecule has 0 unspecified atom stereocenters. The normalized spacial score (nSPS) is 12.0. The molecule has 15 aromatic rings. The van der Waals surface area contributed by atoms with E-state index in [0.29, 0.717) is 22.6 Å². The first-order valence-corrected chi connectivity index (χ1v) is 23.5. The monoisotopic (exact) mass is 888 g/mol. The van der Waals surface area contributed by atoms with E-state index in [0.717, 1.165) is 87.8 Å². The first-order chi connectivity index (χ1) is 34.7. The molecular formula is C64H36N6. The van der Waals surface area contributed by atoms with Gasteiger partial charge >= 0.3 is 0 Å². The van der Waals surface area contributed by atoms with Gasteiger partial charge in [0.1, 0.15) is 6.07 Å². The minimum absolute atomic E-state index is 0.451. The van der Waals surface area contributed by atoms with Crippen LogP contribution >= 0.6 is 0 Å². The predicted octanol–water partition coefficient (Wildman–Crippen LogP) is 16.8. The van der Waals surface area contributed by atoms with Gasteiger partial charge in [-0.1, -0.05) is 133 Å². The Hall–Kier alpha value is -9.88. The Labute approximate surface area is 400 Å². The lowest BCUT2D eigenvalue weighted by atomic mass is 10.0. The van der Waals surface area contributed by atoms with E-state index in [-0.39, 0.29) is 0 Å². The van der Waals surface area contributed by atoms with E-state index >= 15 is 0 Å². The van der Waals surface area contributed by atoms with Gasteiger partial charge in [-0.25, -0.2) is 4.85 Å². The molecule has 0 saturated carbocycles. The number of rotatable bonds is 4. The quantitative estimate of drug-likeness (QED) is 0.162. The predicted molar refractivity (Wildman–Crippen MR) is 290 cm³/mol. The van der Waals surface area contributed by atoms with Crippen LogP contribution in [0.4, 0.5) is 5.69 Å². The SMILES string of the molecule is [C-]#[N+]c1cc(-n2c3ccccc3c3c4c5c6ccccc6ccc5n(-c5ccccc5)c4ccc32)c(C#N)cc1-n1c2ccccc2c2c3c4c5ccccc5ccc4n(-c4ccccc4)c3ccc21.